The molecule has 15 heteroatoms. The van der Waals surface area contributed by atoms with E-state index in [1.165, 1.54) is 12.1 Å². The van der Waals surface area contributed by atoms with Crippen LogP contribution in [0, 0.1) is 0 Å². The van der Waals surface area contributed by atoms with E-state index in [0.717, 1.165) is 29.1 Å². The number of aromatic nitrogens is 2. The van der Waals surface area contributed by atoms with E-state index in [1.54, 1.807) is 36.4 Å². The van der Waals surface area contributed by atoms with E-state index in [2.05, 4.69) is 16.0 Å². The summed E-state index contributed by atoms with van der Waals surface area (Å²) in [6.45, 7) is -6.97. The maximum Gasteiger partial charge on any atom is 0.640 e. The third kappa shape index (κ3) is 5.02. The SMILES string of the molecule is F[B-]1(F)n2c(Cl)ccc2C(c2ccccc2)=C2C=CC(NCCNCCNC3=[N+]4C(=C(c5ccccc5)c5ccc(Cl)n5[B-]4(F)F)C=C3)=[N+]21. The number of amidine groups is 2. The van der Waals surface area contributed by atoms with Crippen molar-refractivity contribution in [3.8, 4) is 0 Å². The van der Waals surface area contributed by atoms with Crippen molar-refractivity contribution < 1.29 is 26.2 Å². The molecule has 0 radical (unpaired) electrons. The van der Waals surface area contributed by atoms with E-state index in [4.69, 9.17) is 23.2 Å². The Kier molecular flexibility index (Phi) is 7.73. The summed E-state index contributed by atoms with van der Waals surface area (Å²) in [5.41, 5.74) is 4.46. The van der Waals surface area contributed by atoms with Crippen molar-refractivity contribution >= 4 is 60.0 Å². The fraction of sp³-hybridized carbons (Fsp3) is 0.118. The second-order valence-corrected chi connectivity index (χ2v) is 12.8. The second kappa shape index (κ2) is 12.0. The van der Waals surface area contributed by atoms with Crippen LogP contribution in [0.2, 0.25) is 10.3 Å². The number of allylic oxidation sites excluding steroid dienone is 2. The number of halogens is 6. The van der Waals surface area contributed by atoms with Gasteiger partial charge in [-0.1, -0.05) is 83.9 Å². The van der Waals surface area contributed by atoms with Crippen LogP contribution in [0.4, 0.5) is 17.3 Å². The van der Waals surface area contributed by atoms with Crippen LogP contribution < -0.4 is 16.0 Å². The summed E-state index contributed by atoms with van der Waals surface area (Å²) in [5, 5.41) is 9.45. The molecule has 4 aliphatic rings. The van der Waals surface area contributed by atoms with E-state index in [-0.39, 0.29) is 22.0 Å². The minimum Gasteiger partial charge on any atom is -0.414 e. The summed E-state index contributed by atoms with van der Waals surface area (Å²) in [6, 6.07) is 25.0. The van der Waals surface area contributed by atoms with Crippen molar-refractivity contribution in [1.82, 2.24) is 24.9 Å². The lowest BCUT2D eigenvalue weighted by Crippen LogP contribution is -2.53. The van der Waals surface area contributed by atoms with Crippen molar-refractivity contribution in [1.29, 1.82) is 0 Å². The molecule has 0 saturated heterocycles. The Morgan fingerprint density at radius 1 is 0.531 bits per heavy atom. The monoisotopic (exact) mass is 703 g/mol. The zero-order valence-corrected chi connectivity index (χ0v) is 27.4. The van der Waals surface area contributed by atoms with E-state index in [1.807, 2.05) is 60.7 Å². The molecule has 0 spiro atoms. The average molecular weight is 704 g/mol. The second-order valence-electron chi connectivity index (χ2n) is 12.0. The Morgan fingerprint density at radius 3 is 1.35 bits per heavy atom. The van der Waals surface area contributed by atoms with Gasteiger partial charge in [0.25, 0.3) is 0 Å². The highest BCUT2D eigenvalue weighted by atomic mass is 35.5. The van der Waals surface area contributed by atoms with Gasteiger partial charge in [0.1, 0.15) is 0 Å². The Hall–Kier alpha value is -4.71. The third-order valence-electron chi connectivity index (χ3n) is 9.18. The molecule has 0 bridgehead atoms. The van der Waals surface area contributed by atoms with Gasteiger partial charge < -0.3 is 40.5 Å². The zero-order chi connectivity index (χ0) is 33.9. The van der Waals surface area contributed by atoms with Gasteiger partial charge in [-0.15, -0.1) is 0 Å². The van der Waals surface area contributed by atoms with Crippen LogP contribution in [0.3, 0.4) is 0 Å². The minimum absolute atomic E-state index is 0.0396. The Morgan fingerprint density at radius 2 is 0.939 bits per heavy atom. The maximum atomic E-state index is 16.0. The van der Waals surface area contributed by atoms with Gasteiger partial charge in [-0.2, -0.15) is 0 Å². The molecule has 6 heterocycles. The summed E-state index contributed by atoms with van der Waals surface area (Å²) < 4.78 is 68.0. The molecule has 0 fully saturated rings. The van der Waals surface area contributed by atoms with Crippen molar-refractivity contribution in [3.63, 3.8) is 0 Å². The predicted molar refractivity (Wildman–Crippen MR) is 188 cm³/mol. The first-order valence-corrected chi connectivity index (χ1v) is 16.7. The molecule has 3 N–H and O–H groups in total. The van der Waals surface area contributed by atoms with E-state index in [9.17, 15) is 0 Å². The topological polar surface area (TPSA) is 52.0 Å². The summed E-state index contributed by atoms with van der Waals surface area (Å²) in [4.78, 5) is 0. The molecule has 4 aromatic rings. The summed E-state index contributed by atoms with van der Waals surface area (Å²) in [7, 11) is 0. The first kappa shape index (κ1) is 31.6. The molecule has 0 unspecified atom stereocenters. The fourth-order valence-corrected chi connectivity index (χ4v) is 7.67. The van der Waals surface area contributed by atoms with Gasteiger partial charge in [0.2, 0.25) is 11.7 Å². The highest BCUT2D eigenvalue weighted by molar-refractivity contribution is 6.60. The molecule has 0 amide bonds. The van der Waals surface area contributed by atoms with Crippen molar-refractivity contribution in [2.45, 2.75) is 0 Å². The summed E-state index contributed by atoms with van der Waals surface area (Å²) >= 11 is 12.6. The van der Waals surface area contributed by atoms with Crippen LogP contribution in [0.1, 0.15) is 22.5 Å². The van der Waals surface area contributed by atoms with Gasteiger partial charge in [0.05, 0.1) is 34.8 Å². The largest absolute Gasteiger partial charge is 0.640 e. The van der Waals surface area contributed by atoms with Crippen LogP contribution in [-0.2, 0) is 0 Å². The van der Waals surface area contributed by atoms with Crippen LogP contribution in [0.15, 0.2) is 121 Å². The van der Waals surface area contributed by atoms with Crippen molar-refractivity contribution in [2.24, 2.45) is 0 Å². The average Bonchev–Trinajstić information content (AvgIpc) is 3.89. The van der Waals surface area contributed by atoms with Crippen molar-refractivity contribution in [3.05, 3.63) is 153 Å². The molecular weight excluding hydrogens is 675 g/mol. The van der Waals surface area contributed by atoms with Gasteiger partial charge in [-0.3, -0.25) is 10.6 Å². The maximum absolute atomic E-state index is 16.0. The van der Waals surface area contributed by atoms with Gasteiger partial charge >= 0.3 is 13.9 Å². The normalized spacial score (nSPS) is 18.2. The Bertz CT molecular complexity index is 2030. The predicted octanol–water partition coefficient (Wildman–Crippen LogP) is 6.02. The molecule has 0 atom stereocenters. The molecule has 0 saturated carbocycles. The fourth-order valence-electron chi connectivity index (χ4n) is 7.12. The highest BCUT2D eigenvalue weighted by Gasteiger charge is 2.51. The number of nitrogens with zero attached hydrogens (tertiary/aromatic N) is 4. The van der Waals surface area contributed by atoms with Gasteiger partial charge in [-0.05, 0) is 47.5 Å². The van der Waals surface area contributed by atoms with Crippen molar-refractivity contribution in [2.75, 3.05) is 26.2 Å². The summed E-state index contributed by atoms with van der Waals surface area (Å²) in [6.07, 6.45) is 6.69. The number of benzene rings is 2. The third-order valence-corrected chi connectivity index (χ3v) is 9.80. The molecule has 4 aliphatic heterocycles. The van der Waals surface area contributed by atoms with Gasteiger partial charge in [-0.25, -0.2) is 0 Å². The van der Waals surface area contributed by atoms with Crippen LogP contribution in [-0.4, -0.2) is 69.7 Å². The Labute approximate surface area is 290 Å². The number of hydrogen-bond acceptors (Lipinski definition) is 3. The number of fused-ring (bicyclic) bond motifs is 4. The lowest BCUT2D eigenvalue weighted by Gasteiger charge is -2.36. The van der Waals surface area contributed by atoms with Crippen LogP contribution in [0.5, 0.6) is 0 Å². The molecule has 2 aromatic carbocycles. The molecule has 0 aliphatic carbocycles. The quantitative estimate of drug-likeness (QED) is 0.120. The first-order chi connectivity index (χ1) is 23.7. The highest BCUT2D eigenvalue weighted by Crippen LogP contribution is 2.42. The van der Waals surface area contributed by atoms with Gasteiger partial charge in [0, 0.05) is 47.8 Å². The smallest absolute Gasteiger partial charge is 0.414 e. The van der Waals surface area contributed by atoms with Crippen LogP contribution >= 0.6 is 23.2 Å². The molecular formula is C34H29B2Cl2F4N7. The minimum atomic E-state index is -4.26. The lowest BCUT2D eigenvalue weighted by molar-refractivity contribution is -0.364. The first-order valence-electron chi connectivity index (χ1n) is 16.0. The molecule has 2 aromatic heterocycles. The van der Waals surface area contributed by atoms with Gasteiger partial charge in [0.15, 0.2) is 0 Å². The molecule has 8 rings (SSSR count). The van der Waals surface area contributed by atoms with Crippen LogP contribution in [0.25, 0.3) is 11.1 Å². The number of hydrogen-bond donors (Lipinski definition) is 3. The molecule has 7 nitrogen and oxygen atoms in total. The molecule has 248 valence electrons. The Balaban J connectivity index is 0.956. The number of nitrogens with one attached hydrogen (secondary N) is 3. The standard InChI is InChI=1S/C34H29B2Cl2F4N7/c37-29-15-11-25-33(23-7-3-1-4-8-23)27-13-17-31(48(27)35(39,40)46(25)29)44-21-19-43-20-22-45-32-18-14-28-34(24-9-5-2-6-10-24)26-12-16-30(38)47(26)36(41,42)49(28)32/h1-18,43-45H,19-22H2. The van der Waals surface area contributed by atoms with E-state index >= 15 is 17.3 Å². The van der Waals surface area contributed by atoms with E-state index in [0.29, 0.717) is 60.1 Å². The zero-order valence-electron chi connectivity index (χ0n) is 25.9. The number of rotatable bonds is 8. The lowest BCUT2D eigenvalue weighted by atomic mass is 9.86. The summed E-state index contributed by atoms with van der Waals surface area (Å²) in [5.74, 6) is 0.531. The molecule has 49 heavy (non-hydrogen) atoms. The van der Waals surface area contributed by atoms with E-state index < -0.39 is 13.9 Å².